The summed E-state index contributed by atoms with van der Waals surface area (Å²) in [5, 5.41) is 0. The summed E-state index contributed by atoms with van der Waals surface area (Å²) in [6.07, 6.45) is 8.30. The minimum Gasteiger partial charge on any atom is -0.355 e. The van der Waals surface area contributed by atoms with Crippen molar-refractivity contribution in [2.45, 2.75) is 0 Å². The smallest absolute Gasteiger partial charge is 0.0737 e. The molecule has 7 rings (SSSR count). The van der Waals surface area contributed by atoms with Gasteiger partial charge in [0.1, 0.15) is 0 Å². The topological polar surface area (TPSA) is 57.4 Å². The van der Waals surface area contributed by atoms with Gasteiger partial charge >= 0.3 is 0 Å². The van der Waals surface area contributed by atoms with Crippen molar-refractivity contribution in [3.8, 4) is 22.3 Å². The third-order valence-electron chi connectivity index (χ3n) is 6.66. The minimum atomic E-state index is 0.903. The number of hydrogen-bond acceptors (Lipinski definition) is 2. The lowest BCUT2D eigenvalue weighted by Crippen LogP contribution is -1.89. The van der Waals surface area contributed by atoms with Crippen LogP contribution in [0, 0.1) is 7.14 Å². The number of halogens is 2. The van der Waals surface area contributed by atoms with Gasteiger partial charge in [-0.05, 0) is 141 Å². The minimum absolute atomic E-state index is 0.903. The van der Waals surface area contributed by atoms with Crippen molar-refractivity contribution in [3.63, 3.8) is 0 Å². The first-order valence-electron chi connectivity index (χ1n) is 12.2. The van der Waals surface area contributed by atoms with Crippen LogP contribution >= 0.6 is 45.2 Å². The van der Waals surface area contributed by atoms with Crippen LogP contribution in [0.4, 0.5) is 0 Å². The number of aromatic amines is 2. The lowest BCUT2D eigenvalue weighted by atomic mass is 10.0. The highest BCUT2D eigenvalue weighted by Crippen LogP contribution is 2.32. The standard InChI is InChI=1S/C32H20I2N4/c33-21-5-1-19(2-6-21)31-27-13-9-23(35-27)17-25-11-15-29(37-25)32(20-3-7-22(34)8-4-20)30-16-12-26(38-30)18-24-10-14-28(31)36-24/h1-18,35-36H. The van der Waals surface area contributed by atoms with Crippen molar-refractivity contribution in [2.75, 3.05) is 0 Å². The molecule has 5 heterocycles. The molecular formula is C32H20I2N4. The Morgan fingerprint density at radius 2 is 0.921 bits per heavy atom. The molecule has 4 nitrogen and oxygen atoms in total. The fourth-order valence-corrected chi connectivity index (χ4v) is 5.63. The second kappa shape index (κ2) is 9.67. The Kier molecular flexibility index (Phi) is 6.01. The summed E-state index contributed by atoms with van der Waals surface area (Å²) < 4.78 is 2.40. The molecule has 0 aliphatic carbocycles. The molecule has 38 heavy (non-hydrogen) atoms. The summed E-state index contributed by atoms with van der Waals surface area (Å²) in [6.45, 7) is 0. The number of nitrogens with zero attached hydrogens (tertiary/aromatic N) is 2. The van der Waals surface area contributed by atoms with E-state index in [9.17, 15) is 0 Å². The van der Waals surface area contributed by atoms with Gasteiger partial charge in [-0.2, -0.15) is 0 Å². The lowest BCUT2D eigenvalue weighted by Gasteiger charge is -2.05. The van der Waals surface area contributed by atoms with E-state index in [0.717, 1.165) is 67.1 Å². The van der Waals surface area contributed by atoms with Crippen molar-refractivity contribution in [1.29, 1.82) is 0 Å². The first-order valence-corrected chi connectivity index (χ1v) is 14.4. The highest BCUT2D eigenvalue weighted by molar-refractivity contribution is 14.1. The number of benzene rings is 2. The van der Waals surface area contributed by atoms with Gasteiger partial charge in [-0.1, -0.05) is 24.3 Å². The van der Waals surface area contributed by atoms with Gasteiger partial charge in [0.15, 0.2) is 0 Å². The molecule has 2 aliphatic heterocycles. The maximum absolute atomic E-state index is 5.01. The Bertz CT molecular complexity index is 1830. The first kappa shape index (κ1) is 23.6. The van der Waals surface area contributed by atoms with E-state index in [1.165, 1.54) is 7.14 Å². The second-order valence-electron chi connectivity index (χ2n) is 9.22. The molecule has 3 aromatic heterocycles. The first-order chi connectivity index (χ1) is 18.6. The van der Waals surface area contributed by atoms with Gasteiger partial charge in [0.2, 0.25) is 0 Å². The zero-order chi connectivity index (χ0) is 25.6. The molecule has 6 heteroatoms. The van der Waals surface area contributed by atoms with E-state index in [1.54, 1.807) is 0 Å². The molecule has 0 fully saturated rings. The number of aromatic nitrogens is 4. The molecule has 2 aromatic carbocycles. The van der Waals surface area contributed by atoms with Crippen LogP contribution < -0.4 is 0 Å². The van der Waals surface area contributed by atoms with Crippen LogP contribution in [0.15, 0.2) is 84.9 Å². The molecule has 5 aromatic rings. The maximum Gasteiger partial charge on any atom is 0.0737 e. The van der Waals surface area contributed by atoms with Gasteiger partial charge < -0.3 is 9.97 Å². The Morgan fingerprint density at radius 3 is 1.39 bits per heavy atom. The SMILES string of the molecule is Ic1ccc(-c2c3nc(cc4ccc([nH]4)c(-c4ccc(I)cc4)c4ccc(cc5nc2C=C5)[nH]4)C=C3)cc1. The highest BCUT2D eigenvalue weighted by Gasteiger charge is 2.14. The number of H-pyrrole nitrogens is 2. The average Bonchev–Trinajstić information content (AvgIpc) is 3.72. The fraction of sp³-hybridized carbons (Fsp3) is 0. The number of hydrogen-bond donors (Lipinski definition) is 2. The monoisotopic (exact) mass is 714 g/mol. The van der Waals surface area contributed by atoms with E-state index >= 15 is 0 Å². The molecular weight excluding hydrogens is 694 g/mol. The van der Waals surface area contributed by atoms with Gasteiger partial charge in [0, 0.05) is 40.3 Å². The van der Waals surface area contributed by atoms with E-state index < -0.39 is 0 Å². The third-order valence-corrected chi connectivity index (χ3v) is 8.10. The molecule has 2 N–H and O–H groups in total. The van der Waals surface area contributed by atoms with Crippen LogP contribution in [0.5, 0.6) is 0 Å². The molecule has 2 aliphatic rings. The largest absolute Gasteiger partial charge is 0.355 e. The predicted molar refractivity (Wildman–Crippen MR) is 175 cm³/mol. The summed E-state index contributed by atoms with van der Waals surface area (Å²) in [4.78, 5) is 17.3. The van der Waals surface area contributed by atoms with Crippen LogP contribution in [0.2, 0.25) is 0 Å². The van der Waals surface area contributed by atoms with Gasteiger partial charge in [-0.25, -0.2) is 9.97 Å². The predicted octanol–water partition coefficient (Wildman–Crippen LogP) is 9.20. The molecule has 0 atom stereocenters. The van der Waals surface area contributed by atoms with Crippen molar-refractivity contribution in [1.82, 2.24) is 19.9 Å². The zero-order valence-corrected chi connectivity index (χ0v) is 24.4. The Hall–Kier alpha value is -3.50. The van der Waals surface area contributed by atoms with Crippen molar-refractivity contribution in [2.24, 2.45) is 0 Å². The average molecular weight is 714 g/mol. The summed E-state index contributed by atoms with van der Waals surface area (Å²) >= 11 is 4.68. The highest BCUT2D eigenvalue weighted by atomic mass is 127. The summed E-state index contributed by atoms with van der Waals surface area (Å²) in [5.74, 6) is 0. The van der Waals surface area contributed by atoms with Gasteiger partial charge in [-0.15, -0.1) is 0 Å². The number of nitrogens with one attached hydrogen (secondary N) is 2. The van der Waals surface area contributed by atoms with E-state index in [2.05, 4.69) is 164 Å². The Balaban J connectivity index is 1.56. The zero-order valence-electron chi connectivity index (χ0n) is 20.0. The summed E-state index contributed by atoms with van der Waals surface area (Å²) in [6, 6.07) is 29.8. The lowest BCUT2D eigenvalue weighted by molar-refractivity contribution is 1.28. The Morgan fingerprint density at radius 1 is 0.474 bits per heavy atom. The van der Waals surface area contributed by atoms with Gasteiger partial charge in [-0.3, -0.25) is 0 Å². The molecule has 0 saturated carbocycles. The number of fused-ring (bicyclic) bond motifs is 8. The van der Waals surface area contributed by atoms with Crippen LogP contribution in [0.25, 0.3) is 68.6 Å². The Labute approximate surface area is 246 Å². The van der Waals surface area contributed by atoms with E-state index in [-0.39, 0.29) is 0 Å². The molecule has 182 valence electrons. The molecule has 0 saturated heterocycles. The normalized spacial score (nSPS) is 12.3. The van der Waals surface area contributed by atoms with Crippen molar-refractivity contribution in [3.05, 3.63) is 115 Å². The van der Waals surface area contributed by atoms with Gasteiger partial charge in [0.05, 0.1) is 22.8 Å². The van der Waals surface area contributed by atoms with E-state index in [0.29, 0.717) is 0 Å². The van der Waals surface area contributed by atoms with Gasteiger partial charge in [0.25, 0.3) is 0 Å². The third kappa shape index (κ3) is 4.52. The number of rotatable bonds is 2. The summed E-state index contributed by atoms with van der Waals surface area (Å²) in [7, 11) is 0. The molecule has 0 unspecified atom stereocenters. The maximum atomic E-state index is 5.01. The van der Waals surface area contributed by atoms with Crippen LogP contribution in [0.3, 0.4) is 0 Å². The fourth-order valence-electron chi connectivity index (χ4n) is 4.91. The summed E-state index contributed by atoms with van der Waals surface area (Å²) in [5.41, 5.74) is 12.1. The van der Waals surface area contributed by atoms with Crippen LogP contribution in [-0.2, 0) is 0 Å². The molecule has 8 bridgehead atoms. The molecule has 0 spiro atoms. The van der Waals surface area contributed by atoms with Crippen molar-refractivity contribution < 1.29 is 0 Å². The molecule has 0 amide bonds. The second-order valence-corrected chi connectivity index (χ2v) is 11.7. The van der Waals surface area contributed by atoms with Crippen molar-refractivity contribution >= 4 is 91.6 Å². The van der Waals surface area contributed by atoms with E-state index in [1.807, 2.05) is 0 Å². The van der Waals surface area contributed by atoms with E-state index in [4.69, 9.17) is 9.97 Å². The molecule has 0 radical (unpaired) electrons. The quantitative estimate of drug-likeness (QED) is 0.176. The van der Waals surface area contributed by atoms with Crippen LogP contribution in [-0.4, -0.2) is 19.9 Å². The van der Waals surface area contributed by atoms with Crippen LogP contribution in [0.1, 0.15) is 22.8 Å².